The number of anilines is 2. The van der Waals surface area contributed by atoms with Crippen LogP contribution in [0.2, 0.25) is 0 Å². The lowest BCUT2D eigenvalue weighted by molar-refractivity contribution is 0.102. The fraction of sp³-hybridized carbons (Fsp3) is 0.368. The fourth-order valence-corrected chi connectivity index (χ4v) is 2.96. The van der Waals surface area contributed by atoms with Crippen LogP contribution in [0.25, 0.3) is 0 Å². The van der Waals surface area contributed by atoms with Gasteiger partial charge in [0, 0.05) is 13.1 Å². The maximum atomic E-state index is 12.5. The average molecular weight is 325 g/mol. The molecule has 0 radical (unpaired) electrons. The number of pyridine rings is 1. The van der Waals surface area contributed by atoms with Gasteiger partial charge in [-0.15, -0.1) is 0 Å². The molecule has 2 aromatic rings. The number of carbonyl (C=O) groups is 1. The van der Waals surface area contributed by atoms with E-state index in [2.05, 4.69) is 15.2 Å². The molecule has 3 rings (SSSR count). The number of benzene rings is 1. The molecule has 0 bridgehead atoms. The van der Waals surface area contributed by atoms with E-state index >= 15 is 0 Å². The molecule has 24 heavy (non-hydrogen) atoms. The van der Waals surface area contributed by atoms with Crippen molar-refractivity contribution in [3.63, 3.8) is 0 Å². The van der Waals surface area contributed by atoms with Gasteiger partial charge in [-0.05, 0) is 37.1 Å². The summed E-state index contributed by atoms with van der Waals surface area (Å²) >= 11 is 0. The van der Waals surface area contributed by atoms with Crippen molar-refractivity contribution in [2.45, 2.75) is 25.7 Å². The molecule has 126 valence electrons. The minimum absolute atomic E-state index is 0.226. The van der Waals surface area contributed by atoms with E-state index in [9.17, 15) is 4.79 Å². The number of rotatable bonds is 4. The highest BCUT2D eigenvalue weighted by molar-refractivity contribution is 6.03. The summed E-state index contributed by atoms with van der Waals surface area (Å²) in [7, 11) is 1.59. The van der Waals surface area contributed by atoms with E-state index in [0.717, 1.165) is 18.9 Å². The molecule has 1 aliphatic heterocycles. The number of nitrogens with zero attached hydrogens (tertiary/aromatic N) is 2. The predicted molar refractivity (Wildman–Crippen MR) is 95.9 cm³/mol. The van der Waals surface area contributed by atoms with Crippen molar-refractivity contribution in [3.8, 4) is 5.75 Å². The van der Waals surface area contributed by atoms with E-state index in [1.165, 1.54) is 25.7 Å². The smallest absolute Gasteiger partial charge is 0.274 e. The van der Waals surface area contributed by atoms with E-state index in [-0.39, 0.29) is 5.91 Å². The fourth-order valence-electron chi connectivity index (χ4n) is 2.96. The third-order valence-electron chi connectivity index (χ3n) is 4.25. The molecule has 2 heterocycles. The van der Waals surface area contributed by atoms with Crippen LogP contribution >= 0.6 is 0 Å². The number of hydrogen-bond acceptors (Lipinski definition) is 4. The molecule has 0 aliphatic carbocycles. The van der Waals surface area contributed by atoms with Crippen LogP contribution in [0.5, 0.6) is 5.75 Å². The third kappa shape index (κ3) is 3.85. The van der Waals surface area contributed by atoms with Gasteiger partial charge in [0.05, 0.1) is 12.8 Å². The van der Waals surface area contributed by atoms with Gasteiger partial charge in [0.1, 0.15) is 17.3 Å². The van der Waals surface area contributed by atoms with Crippen LogP contribution in [0.1, 0.15) is 36.2 Å². The molecule has 1 aromatic carbocycles. The molecule has 1 saturated heterocycles. The number of carbonyl (C=O) groups excluding carboxylic acids is 1. The van der Waals surface area contributed by atoms with Crippen molar-refractivity contribution in [1.29, 1.82) is 0 Å². The molecule has 1 aromatic heterocycles. The van der Waals surface area contributed by atoms with Crippen molar-refractivity contribution >= 4 is 17.4 Å². The van der Waals surface area contributed by atoms with Gasteiger partial charge in [-0.1, -0.05) is 31.0 Å². The zero-order valence-corrected chi connectivity index (χ0v) is 14.0. The summed E-state index contributed by atoms with van der Waals surface area (Å²) in [6.45, 7) is 2.01. The largest absolute Gasteiger partial charge is 0.495 e. The summed E-state index contributed by atoms with van der Waals surface area (Å²) in [6.07, 6.45) is 4.90. The summed E-state index contributed by atoms with van der Waals surface area (Å²) < 4.78 is 5.27. The maximum absolute atomic E-state index is 12.5. The summed E-state index contributed by atoms with van der Waals surface area (Å²) in [5.74, 6) is 1.29. The second kappa shape index (κ2) is 7.81. The molecule has 0 atom stereocenters. The standard InChI is InChI=1S/C19H23N3O2/c1-24-17-11-5-4-9-15(17)21-19(23)16-10-8-12-18(20-16)22-13-6-2-3-7-14-22/h4-5,8-12H,2-3,6-7,13-14H2,1H3,(H,21,23). The Morgan fingerprint density at radius 1 is 1.04 bits per heavy atom. The van der Waals surface area contributed by atoms with E-state index in [1.54, 1.807) is 13.2 Å². The topological polar surface area (TPSA) is 54.5 Å². The van der Waals surface area contributed by atoms with Crippen LogP contribution in [0.15, 0.2) is 42.5 Å². The quantitative estimate of drug-likeness (QED) is 0.931. The van der Waals surface area contributed by atoms with E-state index in [0.29, 0.717) is 17.1 Å². The van der Waals surface area contributed by atoms with Crippen molar-refractivity contribution in [3.05, 3.63) is 48.2 Å². The lowest BCUT2D eigenvalue weighted by Crippen LogP contribution is -2.26. The molecular formula is C19H23N3O2. The highest BCUT2D eigenvalue weighted by atomic mass is 16.5. The first-order chi connectivity index (χ1) is 11.8. The lowest BCUT2D eigenvalue weighted by Gasteiger charge is -2.21. The first-order valence-electron chi connectivity index (χ1n) is 8.44. The number of aromatic nitrogens is 1. The first-order valence-corrected chi connectivity index (χ1v) is 8.44. The van der Waals surface area contributed by atoms with Crippen LogP contribution in [0.4, 0.5) is 11.5 Å². The normalized spacial score (nSPS) is 14.8. The molecule has 0 saturated carbocycles. The van der Waals surface area contributed by atoms with Crippen molar-refractivity contribution in [2.75, 3.05) is 30.4 Å². The Labute approximate surface area is 142 Å². The van der Waals surface area contributed by atoms with Gasteiger partial charge in [-0.2, -0.15) is 0 Å². The number of hydrogen-bond donors (Lipinski definition) is 1. The molecule has 1 amide bonds. The summed E-state index contributed by atoms with van der Waals surface area (Å²) in [5.41, 5.74) is 1.06. The SMILES string of the molecule is COc1ccccc1NC(=O)c1cccc(N2CCCCCC2)n1. The Kier molecular flexibility index (Phi) is 5.31. The monoisotopic (exact) mass is 325 g/mol. The third-order valence-corrected chi connectivity index (χ3v) is 4.25. The average Bonchev–Trinajstić information content (AvgIpc) is 2.92. The van der Waals surface area contributed by atoms with E-state index in [1.807, 2.05) is 36.4 Å². The number of methoxy groups -OCH3 is 1. The maximum Gasteiger partial charge on any atom is 0.274 e. The second-order valence-electron chi connectivity index (χ2n) is 5.94. The Hall–Kier alpha value is -2.56. The zero-order valence-electron chi connectivity index (χ0n) is 14.0. The number of amides is 1. The highest BCUT2D eigenvalue weighted by Crippen LogP contribution is 2.24. The van der Waals surface area contributed by atoms with Crippen LogP contribution in [-0.2, 0) is 0 Å². The van der Waals surface area contributed by atoms with Crippen LogP contribution in [0, 0.1) is 0 Å². The van der Waals surface area contributed by atoms with Crippen molar-refractivity contribution in [1.82, 2.24) is 4.98 Å². The van der Waals surface area contributed by atoms with Crippen LogP contribution in [0.3, 0.4) is 0 Å². The van der Waals surface area contributed by atoms with E-state index < -0.39 is 0 Å². The zero-order chi connectivity index (χ0) is 16.8. The van der Waals surface area contributed by atoms with Crippen molar-refractivity contribution in [2.24, 2.45) is 0 Å². The second-order valence-corrected chi connectivity index (χ2v) is 5.94. The Balaban J connectivity index is 1.76. The Bertz CT molecular complexity index is 695. The number of para-hydroxylation sites is 2. The van der Waals surface area contributed by atoms with Gasteiger partial charge in [-0.25, -0.2) is 4.98 Å². The first kappa shape index (κ1) is 16.3. The van der Waals surface area contributed by atoms with Gasteiger partial charge >= 0.3 is 0 Å². The molecule has 5 heteroatoms. The number of ether oxygens (including phenoxy) is 1. The van der Waals surface area contributed by atoms with E-state index in [4.69, 9.17) is 4.74 Å². The molecule has 0 spiro atoms. The van der Waals surface area contributed by atoms with Gasteiger partial charge < -0.3 is 15.0 Å². The molecule has 1 fully saturated rings. The minimum atomic E-state index is -0.226. The molecule has 0 unspecified atom stereocenters. The van der Waals surface area contributed by atoms with Crippen LogP contribution in [-0.4, -0.2) is 31.1 Å². The van der Waals surface area contributed by atoms with Gasteiger partial charge in [0.25, 0.3) is 5.91 Å². The summed E-state index contributed by atoms with van der Waals surface area (Å²) in [5, 5.41) is 2.88. The summed E-state index contributed by atoms with van der Waals surface area (Å²) in [6, 6.07) is 13.0. The number of nitrogens with one attached hydrogen (secondary N) is 1. The highest BCUT2D eigenvalue weighted by Gasteiger charge is 2.15. The molecular weight excluding hydrogens is 302 g/mol. The van der Waals surface area contributed by atoms with Crippen molar-refractivity contribution < 1.29 is 9.53 Å². The predicted octanol–water partition coefficient (Wildman–Crippen LogP) is 3.72. The molecule has 1 aliphatic rings. The van der Waals surface area contributed by atoms with Gasteiger partial charge in [0.15, 0.2) is 0 Å². The van der Waals surface area contributed by atoms with Gasteiger partial charge in [0.2, 0.25) is 0 Å². The van der Waals surface area contributed by atoms with Gasteiger partial charge in [-0.3, -0.25) is 4.79 Å². The minimum Gasteiger partial charge on any atom is -0.495 e. The Morgan fingerprint density at radius 3 is 2.54 bits per heavy atom. The lowest BCUT2D eigenvalue weighted by atomic mass is 10.2. The molecule has 1 N–H and O–H groups in total. The summed E-state index contributed by atoms with van der Waals surface area (Å²) in [4.78, 5) is 19.4. The molecule has 5 nitrogen and oxygen atoms in total. The van der Waals surface area contributed by atoms with Crippen LogP contribution < -0.4 is 15.0 Å². The Morgan fingerprint density at radius 2 is 1.79 bits per heavy atom.